The molecule has 1 N–H and O–H groups in total. The number of amides is 1. The van der Waals surface area contributed by atoms with Gasteiger partial charge < -0.3 is 29.1 Å². The van der Waals surface area contributed by atoms with E-state index in [4.69, 9.17) is 14.2 Å². The van der Waals surface area contributed by atoms with E-state index < -0.39 is 17.7 Å². The summed E-state index contributed by atoms with van der Waals surface area (Å²) in [5.41, 5.74) is 2.18. The molecule has 0 unspecified atom stereocenters. The van der Waals surface area contributed by atoms with Crippen molar-refractivity contribution in [2.75, 3.05) is 40.4 Å². The van der Waals surface area contributed by atoms with Gasteiger partial charge in [0.2, 0.25) is 0 Å². The topological polar surface area (TPSA) is 88.5 Å². The van der Waals surface area contributed by atoms with E-state index >= 15 is 0 Å². The maximum absolute atomic E-state index is 13.3. The number of hydrogen-bond acceptors (Lipinski definition) is 7. The molecule has 4 rings (SSSR count). The summed E-state index contributed by atoms with van der Waals surface area (Å²) in [5.74, 6) is 0.358. The molecular weight excluding hydrogens is 460 g/mol. The van der Waals surface area contributed by atoms with Crippen molar-refractivity contribution in [3.8, 4) is 17.2 Å². The van der Waals surface area contributed by atoms with Gasteiger partial charge in [0, 0.05) is 25.1 Å². The molecule has 0 aromatic heterocycles. The SMILES string of the molecule is CCOc1ccc([C@H]2C(=C(O)c3ccc4c(c3)C[C@@H](C)O4)C(=O)C(=O)N2CCN(C)C)cc1OCC. The summed E-state index contributed by atoms with van der Waals surface area (Å²) in [5, 5.41) is 11.4. The van der Waals surface area contributed by atoms with Gasteiger partial charge in [-0.15, -0.1) is 0 Å². The van der Waals surface area contributed by atoms with Crippen LogP contribution in [0.2, 0.25) is 0 Å². The van der Waals surface area contributed by atoms with Gasteiger partial charge in [0.05, 0.1) is 24.8 Å². The van der Waals surface area contributed by atoms with Crippen LogP contribution >= 0.6 is 0 Å². The number of hydrogen-bond donors (Lipinski definition) is 1. The Morgan fingerprint density at radius 2 is 1.81 bits per heavy atom. The second-order valence-electron chi connectivity index (χ2n) is 9.32. The van der Waals surface area contributed by atoms with Gasteiger partial charge in [-0.05, 0) is 76.3 Å². The van der Waals surface area contributed by atoms with E-state index in [0.29, 0.717) is 55.4 Å². The number of Topliss-reactive ketones (excluding diaryl/α,β-unsaturated/α-hetero) is 1. The Balaban J connectivity index is 1.84. The molecule has 2 aromatic carbocycles. The summed E-state index contributed by atoms with van der Waals surface area (Å²) in [7, 11) is 3.81. The van der Waals surface area contributed by atoms with E-state index in [1.165, 1.54) is 4.90 Å². The van der Waals surface area contributed by atoms with Gasteiger partial charge in [-0.3, -0.25) is 9.59 Å². The summed E-state index contributed by atoms with van der Waals surface area (Å²) in [4.78, 5) is 30.0. The number of ether oxygens (including phenoxy) is 3. The molecule has 1 saturated heterocycles. The molecule has 8 nitrogen and oxygen atoms in total. The zero-order valence-electron chi connectivity index (χ0n) is 21.5. The van der Waals surface area contributed by atoms with Crippen molar-refractivity contribution in [3.05, 3.63) is 58.7 Å². The number of fused-ring (bicyclic) bond motifs is 1. The molecule has 0 bridgehead atoms. The predicted octanol–water partition coefficient (Wildman–Crippen LogP) is 3.79. The fourth-order valence-electron chi connectivity index (χ4n) is 4.73. The highest BCUT2D eigenvalue weighted by Crippen LogP contribution is 2.42. The van der Waals surface area contributed by atoms with Crippen molar-refractivity contribution in [1.82, 2.24) is 9.80 Å². The van der Waals surface area contributed by atoms with Crippen molar-refractivity contribution in [3.63, 3.8) is 0 Å². The minimum Gasteiger partial charge on any atom is -0.507 e. The lowest BCUT2D eigenvalue weighted by atomic mass is 9.94. The molecule has 8 heteroatoms. The van der Waals surface area contributed by atoms with Crippen LogP contribution in [0.15, 0.2) is 42.0 Å². The smallest absolute Gasteiger partial charge is 0.295 e. The second-order valence-corrected chi connectivity index (χ2v) is 9.32. The molecule has 2 aliphatic heterocycles. The molecule has 36 heavy (non-hydrogen) atoms. The number of carbonyl (C=O) groups is 2. The molecule has 2 heterocycles. The van der Waals surface area contributed by atoms with Crippen LogP contribution in [0.3, 0.4) is 0 Å². The second kappa shape index (κ2) is 10.6. The largest absolute Gasteiger partial charge is 0.507 e. The Hall–Kier alpha value is -3.52. The minimum atomic E-state index is -0.761. The first-order valence-electron chi connectivity index (χ1n) is 12.4. The molecule has 192 valence electrons. The molecule has 1 fully saturated rings. The first-order chi connectivity index (χ1) is 17.2. The van der Waals surface area contributed by atoms with Crippen LogP contribution < -0.4 is 14.2 Å². The van der Waals surface area contributed by atoms with E-state index in [9.17, 15) is 14.7 Å². The third kappa shape index (κ3) is 4.91. The zero-order chi connectivity index (χ0) is 26.0. The number of likely N-dealkylation sites (tertiary alicyclic amines) is 1. The van der Waals surface area contributed by atoms with Crippen molar-refractivity contribution in [2.45, 2.75) is 39.3 Å². The maximum atomic E-state index is 13.3. The van der Waals surface area contributed by atoms with Gasteiger partial charge in [0.1, 0.15) is 17.6 Å². The fourth-order valence-corrected chi connectivity index (χ4v) is 4.73. The average molecular weight is 495 g/mol. The lowest BCUT2D eigenvalue weighted by Crippen LogP contribution is -2.35. The van der Waals surface area contributed by atoms with E-state index in [1.807, 2.05) is 51.9 Å². The number of carbonyl (C=O) groups excluding carboxylic acids is 2. The van der Waals surface area contributed by atoms with Crippen LogP contribution in [0.25, 0.3) is 5.76 Å². The highest BCUT2D eigenvalue weighted by atomic mass is 16.5. The Morgan fingerprint density at radius 3 is 2.50 bits per heavy atom. The normalized spacial score (nSPS) is 20.6. The number of ketones is 1. The van der Waals surface area contributed by atoms with Crippen molar-refractivity contribution in [1.29, 1.82) is 0 Å². The van der Waals surface area contributed by atoms with E-state index in [2.05, 4.69) is 0 Å². The number of likely N-dealkylation sites (N-methyl/N-ethyl adjacent to an activating group) is 1. The Kier molecular flexibility index (Phi) is 7.54. The first-order valence-corrected chi connectivity index (χ1v) is 12.4. The van der Waals surface area contributed by atoms with Crippen molar-refractivity contribution in [2.24, 2.45) is 0 Å². The monoisotopic (exact) mass is 494 g/mol. The summed E-state index contributed by atoms with van der Waals surface area (Å²) >= 11 is 0. The van der Waals surface area contributed by atoms with Crippen molar-refractivity contribution >= 4 is 17.4 Å². The van der Waals surface area contributed by atoms with E-state index in [1.54, 1.807) is 24.3 Å². The van der Waals surface area contributed by atoms with Gasteiger partial charge in [0.25, 0.3) is 11.7 Å². The lowest BCUT2D eigenvalue weighted by Gasteiger charge is -2.27. The highest BCUT2D eigenvalue weighted by Gasteiger charge is 2.46. The molecular formula is C28H34N2O6. The van der Waals surface area contributed by atoms with Gasteiger partial charge in [-0.25, -0.2) is 0 Å². The molecule has 2 aromatic rings. The van der Waals surface area contributed by atoms with Crippen LogP contribution in [0.5, 0.6) is 17.2 Å². The maximum Gasteiger partial charge on any atom is 0.295 e. The molecule has 2 atom stereocenters. The van der Waals surface area contributed by atoms with Crippen LogP contribution in [0.1, 0.15) is 43.5 Å². The lowest BCUT2D eigenvalue weighted by molar-refractivity contribution is -0.140. The summed E-state index contributed by atoms with van der Waals surface area (Å²) in [6.45, 7) is 7.55. The Morgan fingerprint density at radius 1 is 1.08 bits per heavy atom. The Bertz CT molecular complexity index is 1190. The van der Waals surface area contributed by atoms with Gasteiger partial charge in [0.15, 0.2) is 11.5 Å². The molecule has 0 spiro atoms. The van der Waals surface area contributed by atoms with Crippen LogP contribution in [-0.2, 0) is 16.0 Å². The third-order valence-corrected chi connectivity index (χ3v) is 6.38. The number of nitrogens with zero attached hydrogens (tertiary/aromatic N) is 2. The van der Waals surface area contributed by atoms with E-state index in [0.717, 1.165) is 11.3 Å². The number of aliphatic hydroxyl groups is 1. The predicted molar refractivity (Wildman–Crippen MR) is 137 cm³/mol. The minimum absolute atomic E-state index is 0.0508. The van der Waals surface area contributed by atoms with Gasteiger partial charge in [-0.2, -0.15) is 0 Å². The van der Waals surface area contributed by atoms with Crippen molar-refractivity contribution < 1.29 is 28.9 Å². The van der Waals surface area contributed by atoms with E-state index in [-0.39, 0.29) is 17.4 Å². The summed E-state index contributed by atoms with van der Waals surface area (Å²) in [6.07, 6.45) is 0.767. The van der Waals surface area contributed by atoms with Crippen LogP contribution in [0, 0.1) is 0 Å². The standard InChI is InChI=1S/C28H34N2O6/c1-6-34-22-11-8-18(16-23(22)35-7-2)25-24(27(32)28(33)30(25)13-12-29(4)5)26(31)19-9-10-21-20(15-19)14-17(3)36-21/h8-11,15-17,25,31H,6-7,12-14H2,1-5H3/t17-,25+/m1/s1. The molecule has 0 radical (unpaired) electrons. The summed E-state index contributed by atoms with van der Waals surface area (Å²) in [6, 6.07) is 9.99. The molecule has 0 saturated carbocycles. The third-order valence-electron chi connectivity index (χ3n) is 6.38. The zero-order valence-corrected chi connectivity index (χ0v) is 21.5. The highest BCUT2D eigenvalue weighted by molar-refractivity contribution is 6.46. The quantitative estimate of drug-likeness (QED) is 0.322. The number of rotatable bonds is 9. The average Bonchev–Trinajstić information content (AvgIpc) is 3.34. The molecule has 0 aliphatic carbocycles. The number of benzene rings is 2. The first kappa shape index (κ1) is 25.6. The van der Waals surface area contributed by atoms with Crippen LogP contribution in [0.4, 0.5) is 0 Å². The molecule has 1 amide bonds. The summed E-state index contributed by atoms with van der Waals surface area (Å²) < 4.78 is 17.3. The van der Waals surface area contributed by atoms with Gasteiger partial charge >= 0.3 is 0 Å². The number of aliphatic hydroxyl groups excluding tert-OH is 1. The van der Waals surface area contributed by atoms with Crippen LogP contribution in [-0.4, -0.2) is 73.1 Å². The van der Waals surface area contributed by atoms with Gasteiger partial charge in [-0.1, -0.05) is 6.07 Å². The Labute approximate surface area is 212 Å². The molecule has 2 aliphatic rings. The fraction of sp³-hybridized carbons (Fsp3) is 0.429.